The lowest BCUT2D eigenvalue weighted by atomic mass is 10.4. The third-order valence-corrected chi connectivity index (χ3v) is 6.54. The molecule has 0 aliphatic carbocycles. The van der Waals surface area contributed by atoms with Crippen LogP contribution in [0.2, 0.25) is 0 Å². The largest absolute Gasteiger partial charge is 0.379 e. The smallest absolute Gasteiger partial charge is 0.341 e. The van der Waals surface area contributed by atoms with Crippen LogP contribution in [-0.2, 0) is 23.8 Å². The first-order valence-electron chi connectivity index (χ1n) is 9.34. The van der Waals surface area contributed by atoms with Gasteiger partial charge in [0.05, 0.1) is 19.8 Å². The molecule has 0 saturated carbocycles. The van der Waals surface area contributed by atoms with E-state index in [9.17, 15) is 13.2 Å². The summed E-state index contributed by atoms with van der Waals surface area (Å²) in [6.07, 6.45) is 0. The maximum absolute atomic E-state index is 12.3. The molecule has 1 aliphatic rings. The normalized spacial score (nSPS) is 15.2. The van der Waals surface area contributed by atoms with Crippen LogP contribution in [0, 0.1) is 0 Å². The Balaban J connectivity index is 1.45. The molecular weight excluding hydrogens is 412 g/mol. The van der Waals surface area contributed by atoms with Crippen molar-refractivity contribution in [2.45, 2.75) is 14.7 Å². The van der Waals surface area contributed by atoms with Gasteiger partial charge in [0.15, 0.2) is 0 Å². The third-order valence-electron chi connectivity index (χ3n) is 4.27. The highest BCUT2D eigenvalue weighted by Gasteiger charge is 2.20. The zero-order chi connectivity index (χ0) is 20.5. The van der Waals surface area contributed by atoms with Gasteiger partial charge in [-0.15, -0.1) is 0 Å². The molecule has 0 amide bonds. The minimum atomic E-state index is -4.13. The highest BCUT2D eigenvalue weighted by atomic mass is 32.2. The van der Waals surface area contributed by atoms with Crippen LogP contribution in [-0.4, -0.2) is 65.2 Å². The fourth-order valence-corrected chi connectivity index (χ4v) is 4.46. The monoisotopic (exact) mass is 436 g/mol. The van der Waals surface area contributed by atoms with E-state index < -0.39 is 16.1 Å². The average molecular weight is 437 g/mol. The standard InChI is InChI=1S/C20H24N2O5S2/c23-20(16-21-10-11-22-12-14-26-15-13-22)27-29(24,25)19-8-6-18(7-9-19)28-17-4-2-1-3-5-17/h1-9,21H,10-16H2. The first kappa shape index (κ1) is 21.8. The molecule has 2 aromatic carbocycles. The topological polar surface area (TPSA) is 84.9 Å². The number of morpholine rings is 1. The lowest BCUT2D eigenvalue weighted by Crippen LogP contribution is -2.41. The molecule has 0 atom stereocenters. The Morgan fingerprint density at radius 1 is 1.03 bits per heavy atom. The minimum Gasteiger partial charge on any atom is -0.379 e. The van der Waals surface area contributed by atoms with Crippen LogP contribution >= 0.6 is 11.8 Å². The molecule has 9 heteroatoms. The fraction of sp³-hybridized carbons (Fsp3) is 0.350. The van der Waals surface area contributed by atoms with Crippen LogP contribution < -0.4 is 5.32 Å². The lowest BCUT2D eigenvalue weighted by Gasteiger charge is -2.26. The van der Waals surface area contributed by atoms with E-state index >= 15 is 0 Å². The Morgan fingerprint density at radius 3 is 2.38 bits per heavy atom. The van der Waals surface area contributed by atoms with Crippen molar-refractivity contribution in [3.63, 3.8) is 0 Å². The van der Waals surface area contributed by atoms with E-state index in [2.05, 4.69) is 10.2 Å². The van der Waals surface area contributed by atoms with Crippen LogP contribution in [0.25, 0.3) is 0 Å². The van der Waals surface area contributed by atoms with E-state index in [1.165, 1.54) is 23.9 Å². The van der Waals surface area contributed by atoms with Gasteiger partial charge in [0.2, 0.25) is 0 Å². The summed E-state index contributed by atoms with van der Waals surface area (Å²) in [6.45, 7) is 4.32. The molecule has 3 rings (SSSR count). The summed E-state index contributed by atoms with van der Waals surface area (Å²) in [5.74, 6) is -0.824. The zero-order valence-electron chi connectivity index (χ0n) is 16.0. The van der Waals surface area contributed by atoms with Gasteiger partial charge in [-0.3, -0.25) is 4.90 Å². The number of rotatable bonds is 9. The van der Waals surface area contributed by atoms with Gasteiger partial charge in [-0.25, -0.2) is 4.79 Å². The van der Waals surface area contributed by atoms with Gasteiger partial charge in [-0.05, 0) is 36.4 Å². The summed E-state index contributed by atoms with van der Waals surface area (Å²) in [7, 11) is -4.13. The Morgan fingerprint density at radius 2 is 1.69 bits per heavy atom. The van der Waals surface area contributed by atoms with E-state index in [1.807, 2.05) is 30.3 Å². The number of hydrogen-bond donors (Lipinski definition) is 1. The third kappa shape index (κ3) is 7.13. The van der Waals surface area contributed by atoms with Crippen molar-refractivity contribution in [2.24, 2.45) is 0 Å². The number of hydrogen-bond acceptors (Lipinski definition) is 8. The van der Waals surface area contributed by atoms with Gasteiger partial charge in [0, 0.05) is 36.0 Å². The van der Waals surface area contributed by atoms with E-state index in [4.69, 9.17) is 8.92 Å². The number of carbonyl (C=O) groups excluding carboxylic acids is 1. The summed E-state index contributed by atoms with van der Waals surface area (Å²) in [5.41, 5.74) is 0. The van der Waals surface area contributed by atoms with E-state index in [1.54, 1.807) is 12.1 Å². The van der Waals surface area contributed by atoms with Crippen molar-refractivity contribution in [2.75, 3.05) is 45.9 Å². The average Bonchev–Trinajstić information content (AvgIpc) is 2.73. The highest BCUT2D eigenvalue weighted by Crippen LogP contribution is 2.28. The molecule has 7 nitrogen and oxygen atoms in total. The SMILES string of the molecule is O=C(CNCCN1CCOCC1)OS(=O)(=O)c1ccc(Sc2ccccc2)cc1. The van der Waals surface area contributed by atoms with Crippen LogP contribution in [0.3, 0.4) is 0 Å². The Bertz CT molecular complexity index is 883. The number of nitrogens with one attached hydrogen (secondary N) is 1. The second-order valence-electron chi connectivity index (χ2n) is 6.43. The molecule has 1 saturated heterocycles. The van der Waals surface area contributed by atoms with Gasteiger partial charge in [-0.2, -0.15) is 8.42 Å². The second kappa shape index (κ2) is 10.7. The van der Waals surface area contributed by atoms with Crippen LogP contribution in [0.15, 0.2) is 69.3 Å². The zero-order valence-corrected chi connectivity index (χ0v) is 17.6. The molecule has 1 N–H and O–H groups in total. The molecule has 0 unspecified atom stereocenters. The maximum atomic E-state index is 12.3. The maximum Gasteiger partial charge on any atom is 0.341 e. The molecule has 0 radical (unpaired) electrons. The van der Waals surface area contributed by atoms with Gasteiger partial charge >= 0.3 is 16.1 Å². The van der Waals surface area contributed by atoms with E-state index in [-0.39, 0.29) is 11.4 Å². The summed E-state index contributed by atoms with van der Waals surface area (Å²) in [5, 5.41) is 2.92. The lowest BCUT2D eigenvalue weighted by molar-refractivity contribution is -0.132. The second-order valence-corrected chi connectivity index (χ2v) is 9.12. The van der Waals surface area contributed by atoms with Crippen LogP contribution in [0.1, 0.15) is 0 Å². The van der Waals surface area contributed by atoms with Crippen molar-refractivity contribution >= 4 is 27.8 Å². The number of benzene rings is 2. The molecule has 2 aromatic rings. The Labute approximate surface area is 175 Å². The number of nitrogens with zero attached hydrogens (tertiary/aromatic N) is 1. The van der Waals surface area contributed by atoms with Gasteiger partial charge in [-0.1, -0.05) is 30.0 Å². The summed E-state index contributed by atoms with van der Waals surface area (Å²) >= 11 is 1.52. The summed E-state index contributed by atoms with van der Waals surface area (Å²) < 4.78 is 34.6. The van der Waals surface area contributed by atoms with Crippen molar-refractivity contribution in [1.82, 2.24) is 10.2 Å². The van der Waals surface area contributed by atoms with Crippen LogP contribution in [0.5, 0.6) is 0 Å². The Kier molecular flexibility index (Phi) is 8.08. The minimum absolute atomic E-state index is 0.0448. The van der Waals surface area contributed by atoms with Gasteiger partial charge in [0.1, 0.15) is 4.90 Å². The molecule has 0 bridgehead atoms. The molecule has 1 heterocycles. The van der Waals surface area contributed by atoms with Crippen molar-refractivity contribution in [1.29, 1.82) is 0 Å². The summed E-state index contributed by atoms with van der Waals surface area (Å²) in [4.78, 5) is 16.0. The predicted molar refractivity (Wildman–Crippen MR) is 110 cm³/mol. The van der Waals surface area contributed by atoms with Gasteiger partial charge in [0.25, 0.3) is 0 Å². The molecule has 1 aliphatic heterocycles. The Hall–Kier alpha value is -1.91. The number of carbonyl (C=O) groups is 1. The molecule has 156 valence electrons. The predicted octanol–water partition coefficient (Wildman–Crippen LogP) is 1.99. The van der Waals surface area contributed by atoms with E-state index in [0.717, 1.165) is 29.4 Å². The molecule has 1 fully saturated rings. The summed E-state index contributed by atoms with van der Waals surface area (Å²) in [6, 6.07) is 16.0. The van der Waals surface area contributed by atoms with Gasteiger partial charge < -0.3 is 14.2 Å². The first-order chi connectivity index (χ1) is 14.0. The number of ether oxygens (including phenoxy) is 1. The van der Waals surface area contributed by atoms with E-state index in [0.29, 0.717) is 19.8 Å². The molecule has 29 heavy (non-hydrogen) atoms. The molecule has 0 spiro atoms. The highest BCUT2D eigenvalue weighted by molar-refractivity contribution is 7.99. The molecular formula is C20H24N2O5S2. The fourth-order valence-electron chi connectivity index (χ4n) is 2.75. The van der Waals surface area contributed by atoms with Crippen molar-refractivity contribution in [3.8, 4) is 0 Å². The molecule has 0 aromatic heterocycles. The first-order valence-corrected chi connectivity index (χ1v) is 11.6. The van der Waals surface area contributed by atoms with Crippen LogP contribution in [0.4, 0.5) is 0 Å². The van der Waals surface area contributed by atoms with Crippen molar-refractivity contribution in [3.05, 3.63) is 54.6 Å². The van der Waals surface area contributed by atoms with Crippen molar-refractivity contribution < 1.29 is 22.1 Å². The quantitative estimate of drug-likeness (QED) is 0.472.